The van der Waals surface area contributed by atoms with Crippen LogP contribution in [-0.4, -0.2) is 31.5 Å². The molecular weight excluding hydrogens is 326 g/mol. The van der Waals surface area contributed by atoms with E-state index in [1.165, 1.54) is 11.8 Å². The maximum Gasteiger partial charge on any atom is 0.234 e. The smallest absolute Gasteiger partial charge is 0.234 e. The molecule has 0 saturated carbocycles. The third-order valence-corrected chi connectivity index (χ3v) is 5.13. The van der Waals surface area contributed by atoms with Gasteiger partial charge in [0, 0.05) is 7.05 Å². The number of nitriles is 1. The van der Waals surface area contributed by atoms with E-state index < -0.39 is 10.8 Å². The summed E-state index contributed by atoms with van der Waals surface area (Å²) in [6.45, 7) is 7.31. The van der Waals surface area contributed by atoms with Crippen molar-refractivity contribution in [1.29, 1.82) is 5.26 Å². The zero-order chi connectivity index (χ0) is 17.9. The molecule has 2 atom stereocenters. The van der Waals surface area contributed by atoms with E-state index in [4.69, 9.17) is 4.42 Å². The summed E-state index contributed by atoms with van der Waals surface area (Å²) in [6.07, 6.45) is 1.57. The van der Waals surface area contributed by atoms with Crippen LogP contribution in [0, 0.1) is 17.2 Å². The van der Waals surface area contributed by atoms with Gasteiger partial charge < -0.3 is 14.3 Å². The molecule has 7 nitrogen and oxygen atoms in total. The summed E-state index contributed by atoms with van der Waals surface area (Å²) in [4.78, 5) is 12.4. The van der Waals surface area contributed by atoms with Crippen LogP contribution in [0.2, 0.25) is 0 Å². The minimum Gasteiger partial charge on any atom is -0.461 e. The van der Waals surface area contributed by atoms with Gasteiger partial charge in [0.1, 0.15) is 5.54 Å². The quantitative estimate of drug-likeness (QED) is 0.807. The fourth-order valence-corrected chi connectivity index (χ4v) is 2.72. The Bertz CT molecular complexity index is 747. The van der Waals surface area contributed by atoms with Gasteiger partial charge in [-0.3, -0.25) is 4.79 Å². The van der Waals surface area contributed by atoms with Crippen molar-refractivity contribution in [2.24, 2.45) is 13.0 Å². The Hall–Kier alpha value is -2.27. The molecule has 0 fully saturated rings. The third kappa shape index (κ3) is 3.62. The van der Waals surface area contributed by atoms with E-state index in [9.17, 15) is 10.1 Å². The summed E-state index contributed by atoms with van der Waals surface area (Å²) in [5, 5.41) is 20.6. The molecular formula is C16H21N5O2S. The standard InChI is InChI=1S/C16H21N5O2S/c1-10(2)16(4,9-17)18-14(22)11(3)24-15-20-19-13(21(15)5)12-7-6-8-23-12/h6-8,10-11H,1-5H3,(H,18,22). The van der Waals surface area contributed by atoms with Crippen molar-refractivity contribution < 1.29 is 9.21 Å². The highest BCUT2D eigenvalue weighted by Crippen LogP contribution is 2.26. The summed E-state index contributed by atoms with van der Waals surface area (Å²) in [5.41, 5.74) is -0.898. The Balaban J connectivity index is 2.09. The van der Waals surface area contributed by atoms with Crippen LogP contribution < -0.4 is 5.32 Å². The second-order valence-electron chi connectivity index (χ2n) is 6.06. The average molecular weight is 347 g/mol. The molecule has 0 aromatic carbocycles. The van der Waals surface area contributed by atoms with Gasteiger partial charge in [-0.15, -0.1) is 10.2 Å². The molecule has 0 bridgehead atoms. The molecule has 8 heteroatoms. The molecule has 0 spiro atoms. The first-order chi connectivity index (χ1) is 11.3. The number of aromatic nitrogens is 3. The van der Waals surface area contributed by atoms with E-state index in [0.29, 0.717) is 16.7 Å². The van der Waals surface area contributed by atoms with Crippen molar-refractivity contribution in [2.75, 3.05) is 0 Å². The summed E-state index contributed by atoms with van der Waals surface area (Å²) in [6, 6.07) is 5.76. The fourth-order valence-electron chi connectivity index (χ4n) is 1.91. The van der Waals surface area contributed by atoms with E-state index in [1.54, 1.807) is 36.8 Å². The number of carbonyl (C=O) groups is 1. The van der Waals surface area contributed by atoms with Gasteiger partial charge in [0.25, 0.3) is 0 Å². The average Bonchev–Trinajstić information content (AvgIpc) is 3.17. The molecule has 0 radical (unpaired) electrons. The molecule has 0 aliphatic carbocycles. The molecule has 0 aliphatic heterocycles. The third-order valence-electron chi connectivity index (χ3n) is 4.00. The Kier molecular flexibility index (Phi) is 5.34. The fraction of sp³-hybridized carbons (Fsp3) is 0.500. The number of hydrogen-bond acceptors (Lipinski definition) is 6. The predicted octanol–water partition coefficient (Wildman–Crippen LogP) is 2.61. The number of hydrogen-bond donors (Lipinski definition) is 1. The lowest BCUT2D eigenvalue weighted by Crippen LogP contribution is -2.51. The summed E-state index contributed by atoms with van der Waals surface area (Å²) >= 11 is 1.29. The van der Waals surface area contributed by atoms with Crippen LogP contribution in [0.15, 0.2) is 28.0 Å². The monoisotopic (exact) mass is 347 g/mol. The van der Waals surface area contributed by atoms with E-state index in [2.05, 4.69) is 21.6 Å². The SMILES string of the molecule is CC(Sc1nnc(-c2ccco2)n1C)C(=O)NC(C)(C#N)C(C)C. The molecule has 2 rings (SSSR count). The predicted molar refractivity (Wildman–Crippen MR) is 91.0 cm³/mol. The molecule has 0 aliphatic rings. The van der Waals surface area contributed by atoms with Crippen molar-refractivity contribution in [2.45, 2.75) is 43.6 Å². The lowest BCUT2D eigenvalue weighted by Gasteiger charge is -2.28. The molecule has 0 saturated heterocycles. The van der Waals surface area contributed by atoms with Crippen LogP contribution in [-0.2, 0) is 11.8 Å². The topological polar surface area (TPSA) is 96.7 Å². The van der Waals surface area contributed by atoms with Crippen LogP contribution in [0.1, 0.15) is 27.7 Å². The highest BCUT2D eigenvalue weighted by molar-refractivity contribution is 8.00. The Labute approximate surface area is 145 Å². The first-order valence-corrected chi connectivity index (χ1v) is 8.49. The van der Waals surface area contributed by atoms with Crippen molar-refractivity contribution in [3.05, 3.63) is 18.4 Å². The van der Waals surface area contributed by atoms with Gasteiger partial charge in [0.15, 0.2) is 16.7 Å². The van der Waals surface area contributed by atoms with Crippen molar-refractivity contribution in [1.82, 2.24) is 20.1 Å². The summed E-state index contributed by atoms with van der Waals surface area (Å²) in [7, 11) is 1.82. The van der Waals surface area contributed by atoms with Crippen LogP contribution in [0.5, 0.6) is 0 Å². The van der Waals surface area contributed by atoms with E-state index in [-0.39, 0.29) is 11.8 Å². The van der Waals surface area contributed by atoms with Gasteiger partial charge >= 0.3 is 0 Å². The maximum atomic E-state index is 12.4. The normalized spacial score (nSPS) is 14.9. The Morgan fingerprint density at radius 3 is 2.71 bits per heavy atom. The first kappa shape index (κ1) is 18.1. The maximum absolute atomic E-state index is 12.4. The molecule has 128 valence electrons. The molecule has 2 unspecified atom stereocenters. The molecule has 1 amide bonds. The Morgan fingerprint density at radius 2 is 2.17 bits per heavy atom. The minimum absolute atomic E-state index is 0.00373. The Morgan fingerprint density at radius 1 is 1.46 bits per heavy atom. The zero-order valence-corrected chi connectivity index (χ0v) is 15.2. The lowest BCUT2D eigenvalue weighted by atomic mass is 9.90. The lowest BCUT2D eigenvalue weighted by molar-refractivity contribution is -0.121. The van der Waals surface area contributed by atoms with Gasteiger partial charge in [-0.2, -0.15) is 5.26 Å². The summed E-state index contributed by atoms with van der Waals surface area (Å²) < 4.78 is 7.10. The van der Waals surface area contributed by atoms with Crippen molar-refractivity contribution >= 4 is 17.7 Å². The highest BCUT2D eigenvalue weighted by atomic mass is 32.2. The highest BCUT2D eigenvalue weighted by Gasteiger charge is 2.32. The number of furan rings is 1. The second kappa shape index (κ2) is 7.09. The van der Waals surface area contributed by atoms with Gasteiger partial charge in [0.05, 0.1) is 17.6 Å². The number of nitrogens with zero attached hydrogens (tertiary/aromatic N) is 4. The summed E-state index contributed by atoms with van der Waals surface area (Å²) in [5.74, 6) is 1.01. The number of rotatable bonds is 6. The van der Waals surface area contributed by atoms with E-state index >= 15 is 0 Å². The van der Waals surface area contributed by atoms with Crippen LogP contribution in [0.25, 0.3) is 11.6 Å². The second-order valence-corrected chi connectivity index (χ2v) is 7.37. The van der Waals surface area contributed by atoms with Gasteiger partial charge in [-0.05, 0) is 31.9 Å². The van der Waals surface area contributed by atoms with Crippen LogP contribution in [0.4, 0.5) is 0 Å². The largest absolute Gasteiger partial charge is 0.461 e. The van der Waals surface area contributed by atoms with Crippen molar-refractivity contribution in [3.8, 4) is 17.7 Å². The molecule has 1 N–H and O–H groups in total. The van der Waals surface area contributed by atoms with Crippen LogP contribution >= 0.6 is 11.8 Å². The van der Waals surface area contributed by atoms with E-state index in [0.717, 1.165) is 0 Å². The van der Waals surface area contributed by atoms with E-state index in [1.807, 2.05) is 20.9 Å². The number of nitrogens with one attached hydrogen (secondary N) is 1. The van der Waals surface area contributed by atoms with Gasteiger partial charge in [-0.25, -0.2) is 0 Å². The molecule has 2 aromatic rings. The number of carbonyl (C=O) groups excluding carboxylic acids is 1. The number of thioether (sulfide) groups is 1. The molecule has 24 heavy (non-hydrogen) atoms. The van der Waals surface area contributed by atoms with Gasteiger partial charge in [-0.1, -0.05) is 25.6 Å². The molecule has 2 aromatic heterocycles. The zero-order valence-electron chi connectivity index (χ0n) is 14.4. The van der Waals surface area contributed by atoms with Crippen molar-refractivity contribution in [3.63, 3.8) is 0 Å². The minimum atomic E-state index is -0.898. The van der Waals surface area contributed by atoms with Gasteiger partial charge in [0.2, 0.25) is 5.91 Å². The molecule has 2 heterocycles. The first-order valence-electron chi connectivity index (χ1n) is 7.61. The van der Waals surface area contributed by atoms with Crippen LogP contribution in [0.3, 0.4) is 0 Å². The number of amides is 1.